The summed E-state index contributed by atoms with van der Waals surface area (Å²) in [6.07, 6.45) is 12.1. The molecule has 45 heteroatoms. The first-order chi connectivity index (χ1) is 65.7. The third-order valence-corrected chi connectivity index (χ3v) is 25.6. The maximum atomic E-state index is 12.1. The lowest BCUT2D eigenvalue weighted by molar-refractivity contribution is -0.145. The number of pyridine rings is 2. The number of rotatable bonds is 92. The molecule has 0 saturated carbocycles. The summed E-state index contributed by atoms with van der Waals surface area (Å²) >= 11 is 3.32. The lowest BCUT2D eigenvalue weighted by Crippen LogP contribution is -2.37. The largest absolute Gasteiger partial charge is 0.466 e. The van der Waals surface area contributed by atoms with Crippen molar-refractivity contribution in [1.29, 1.82) is 0 Å². The van der Waals surface area contributed by atoms with E-state index in [1.807, 2.05) is 36.4 Å². The van der Waals surface area contributed by atoms with Gasteiger partial charge >= 0.3 is 17.9 Å². The zero-order valence-corrected chi connectivity index (χ0v) is 83.3. The molecular weight excluding hydrogens is 1880 g/mol. The van der Waals surface area contributed by atoms with Gasteiger partial charge in [0.15, 0.2) is 0 Å². The monoisotopic (exact) mass is 2040 g/mol. The van der Waals surface area contributed by atoms with Crippen molar-refractivity contribution in [2.24, 2.45) is 0 Å². The number of ether oxygens (including phenoxy) is 15. The van der Waals surface area contributed by atoms with E-state index >= 15 is 0 Å². The zero-order valence-electron chi connectivity index (χ0n) is 78.4. The van der Waals surface area contributed by atoms with Gasteiger partial charge in [-0.1, -0.05) is 65.5 Å². The van der Waals surface area contributed by atoms with Gasteiger partial charge in [0.2, 0.25) is 23.6 Å². The van der Waals surface area contributed by atoms with Gasteiger partial charge in [0.25, 0.3) is 0 Å². The van der Waals surface area contributed by atoms with Gasteiger partial charge in [0, 0.05) is 152 Å². The number of unbranched alkanes of at least 4 members (excludes halogenated alkanes) is 7. The minimum Gasteiger partial charge on any atom is -0.466 e. The number of amides is 4. The molecule has 0 spiro atoms. The maximum absolute atomic E-state index is 12.1. The molecule has 39 nitrogen and oxygen atoms in total. The van der Waals surface area contributed by atoms with Crippen molar-refractivity contribution in [2.45, 2.75) is 218 Å². The van der Waals surface area contributed by atoms with Crippen molar-refractivity contribution in [2.75, 3.05) is 245 Å². The van der Waals surface area contributed by atoms with Gasteiger partial charge in [-0.25, -0.2) is 9.97 Å². The average molecular weight is 2040 g/mol. The molecule has 0 aromatic carbocycles. The minimum absolute atomic E-state index is 0.00912. The number of hydrogen-bond donors (Lipinski definition) is 15. The molecular formula is C90H156N8O31S6. The molecule has 4 amide bonds. The summed E-state index contributed by atoms with van der Waals surface area (Å²) in [5, 5.41) is 108. The molecule has 2 aromatic heterocycles. The van der Waals surface area contributed by atoms with Crippen molar-refractivity contribution in [3.63, 3.8) is 0 Å². The number of aliphatic hydroxyl groups is 9. The number of aromatic nitrogens is 2. The number of thioether (sulfide) groups is 2. The first-order valence-corrected chi connectivity index (χ1v) is 53.9. The van der Waals surface area contributed by atoms with Crippen molar-refractivity contribution >= 4 is 108 Å². The summed E-state index contributed by atoms with van der Waals surface area (Å²) in [7, 11) is 6.54. The molecule has 0 radical (unpaired) electrons. The molecule has 12 atom stereocenters. The molecule has 15 N–H and O–H groups in total. The van der Waals surface area contributed by atoms with Crippen LogP contribution in [0.3, 0.4) is 0 Å². The second-order valence-electron chi connectivity index (χ2n) is 31.6. The smallest absolute Gasteiger partial charge is 0.306 e. The van der Waals surface area contributed by atoms with E-state index in [4.69, 9.17) is 71.1 Å². The van der Waals surface area contributed by atoms with Crippen molar-refractivity contribution in [1.82, 2.24) is 41.9 Å². The second-order valence-corrected chi connectivity index (χ2v) is 38.9. The van der Waals surface area contributed by atoms with Crippen LogP contribution < -0.4 is 31.9 Å². The van der Waals surface area contributed by atoms with E-state index in [2.05, 4.69) is 48.4 Å². The van der Waals surface area contributed by atoms with E-state index in [0.29, 0.717) is 122 Å². The third kappa shape index (κ3) is 82.8. The van der Waals surface area contributed by atoms with Gasteiger partial charge in [-0.3, -0.25) is 33.6 Å². The van der Waals surface area contributed by atoms with Crippen LogP contribution >= 0.6 is 66.7 Å². The second kappa shape index (κ2) is 88.4. The highest BCUT2D eigenvalue weighted by Gasteiger charge is 2.27. The summed E-state index contributed by atoms with van der Waals surface area (Å²) in [5.41, 5.74) is 0. The first-order valence-electron chi connectivity index (χ1n) is 46.9. The van der Waals surface area contributed by atoms with Gasteiger partial charge in [0.1, 0.15) is 65.0 Å². The Morgan fingerprint density at radius 3 is 1.04 bits per heavy atom. The van der Waals surface area contributed by atoms with Crippen LogP contribution in [-0.4, -0.2) is 416 Å². The molecule has 3 aliphatic rings. The van der Waals surface area contributed by atoms with E-state index in [9.17, 15) is 79.5 Å². The zero-order chi connectivity index (χ0) is 97.7. The molecule has 778 valence electrons. The molecule has 3 fully saturated rings. The van der Waals surface area contributed by atoms with Crippen LogP contribution in [0.4, 0.5) is 0 Å². The fourth-order valence-corrected chi connectivity index (χ4v) is 16.6. The minimum atomic E-state index is -0.942. The molecule has 135 heavy (non-hydrogen) atoms. The van der Waals surface area contributed by atoms with Gasteiger partial charge < -0.3 is 149 Å². The highest BCUT2D eigenvalue weighted by Crippen LogP contribution is 2.30. The molecule has 5 heterocycles. The van der Waals surface area contributed by atoms with E-state index in [-0.39, 0.29) is 217 Å². The summed E-state index contributed by atoms with van der Waals surface area (Å²) < 4.78 is 78.7. The fraction of sp³-hybridized carbons (Fsp3) is 0.789. The molecule has 0 bridgehead atoms. The van der Waals surface area contributed by atoms with Crippen molar-refractivity contribution in [3.05, 3.63) is 61.4 Å². The van der Waals surface area contributed by atoms with Crippen LogP contribution in [0.15, 0.2) is 71.5 Å². The Labute approximate surface area is 820 Å². The number of carbonyl (C=O) groups excluding carboxylic acids is 7. The van der Waals surface area contributed by atoms with Gasteiger partial charge in [-0.05, 0) is 102 Å². The topological polar surface area (TPSA) is 548 Å². The van der Waals surface area contributed by atoms with Gasteiger partial charge in [-0.15, -0.1) is 6.58 Å². The molecule has 5 rings (SSSR count). The highest BCUT2D eigenvalue weighted by atomic mass is 33.1. The fourth-order valence-electron chi connectivity index (χ4n) is 11.0. The number of aliphatic hydroxyl groups excluding tert-OH is 9. The SMILES string of the molecule is C=CCCC(=O)OCCC(O)COCC(O)COC(CO)COCC1CO1.O=C(CCSCCCCC(=O)OCCC(O)COCC(O)COC(CO)COCC1CO1)NCCNCCNCCNC(=O)CCSCCCCC(=O)OCCC(O)COCC(O)COC(CO)COCC1CO1.O=C(CCSSc1ccccn1)NCCCCCCCCNC(=O)CCSSc1ccccn1. The predicted octanol–water partition coefficient (Wildman–Crippen LogP) is 3.34. The van der Waals surface area contributed by atoms with Crippen LogP contribution in [0.1, 0.15) is 135 Å². The van der Waals surface area contributed by atoms with Gasteiger partial charge in [0.05, 0.1) is 177 Å². The summed E-state index contributed by atoms with van der Waals surface area (Å²) in [4.78, 5) is 91.9. The Bertz CT molecular complexity index is 3050. The van der Waals surface area contributed by atoms with Crippen LogP contribution in [0, 0.1) is 0 Å². The van der Waals surface area contributed by atoms with Crippen LogP contribution in [-0.2, 0) is 105 Å². The summed E-state index contributed by atoms with van der Waals surface area (Å²) in [6.45, 7) is 11.9. The van der Waals surface area contributed by atoms with Crippen molar-refractivity contribution in [3.8, 4) is 0 Å². The van der Waals surface area contributed by atoms with Crippen LogP contribution in [0.25, 0.3) is 0 Å². The maximum Gasteiger partial charge on any atom is 0.306 e. The molecule has 3 saturated heterocycles. The van der Waals surface area contributed by atoms with E-state index in [1.165, 1.54) is 12.8 Å². The summed E-state index contributed by atoms with van der Waals surface area (Å²) in [5.74, 6) is 3.82. The molecule has 2 aromatic rings. The van der Waals surface area contributed by atoms with E-state index < -0.39 is 54.9 Å². The Kier molecular flexibility index (Phi) is 81.7. The molecule has 0 aliphatic carbocycles. The summed E-state index contributed by atoms with van der Waals surface area (Å²) in [6, 6.07) is 11.7. The first kappa shape index (κ1) is 125. The Morgan fingerprint density at radius 2 is 0.704 bits per heavy atom. The Hall–Kier alpha value is -4.49. The number of epoxide rings is 3. The van der Waals surface area contributed by atoms with E-state index in [1.54, 1.807) is 85.2 Å². The quantitative estimate of drug-likeness (QED) is 0.0113. The predicted molar refractivity (Wildman–Crippen MR) is 518 cm³/mol. The number of carbonyl (C=O) groups is 7. The number of nitrogens with zero attached hydrogens (tertiary/aromatic N) is 2. The standard InChI is InChI=1S/C48H90N4O20S2.C24H34N4O2S4.C18H32O9/c53-23-41(31-65-33-43-35-71-43)69-29-39(57)27-63-25-37(55)7-17-67-47(61)5-1-3-19-73-21-9-45(59)51-15-13-49-11-12-50-14-16-52-46(60)10-22-74-20-4-2-6-48(62)68-18-8-38(56)26-64-28-40(58)30-70-42(24-54)32-66-34-44-36-72-44;29-21(13-19-31-33-23-11-5-9-17-27-23)25-15-7-3-1-2-4-8-16-26-22(30)14-20-32-34-24-12-6-10-18-28-24;1-2-3-4-18(22)25-6-5-14(20)8-23-9-15(21)10-26-16(7-19)11-24-12-17-13-27-17/h37-44,49-50,53-58H,1-36H2,(H,51,59)(H,52,60);5-6,9-12,17-18H,1-4,7-8,13-16,19-20H2,(H,25,29)(H,26,30);2,14-17,19-21H,1,3-13H2. The number of allylic oxidation sites excluding steroid dienone is 1. The van der Waals surface area contributed by atoms with Crippen LogP contribution in [0.5, 0.6) is 0 Å². The lowest BCUT2D eigenvalue weighted by Gasteiger charge is -2.19. The number of nitrogens with one attached hydrogen (secondary N) is 6. The Morgan fingerprint density at radius 1 is 0.378 bits per heavy atom. The normalized spacial score (nSPS) is 16.1. The highest BCUT2D eigenvalue weighted by molar-refractivity contribution is 8.77. The average Bonchev–Trinajstić information content (AvgIpc) is 1.86. The van der Waals surface area contributed by atoms with E-state index in [0.717, 1.165) is 97.8 Å². The Balaban J connectivity index is 0.000000625. The number of esters is 3. The van der Waals surface area contributed by atoms with Gasteiger partial charge in [-0.2, -0.15) is 23.5 Å². The lowest BCUT2D eigenvalue weighted by atomic mass is 10.1. The molecule has 3 aliphatic heterocycles. The third-order valence-electron chi connectivity index (χ3n) is 18.9. The molecule has 12 unspecified atom stereocenters. The van der Waals surface area contributed by atoms with Crippen molar-refractivity contribution < 1.29 is 151 Å². The number of hydrogen-bond acceptors (Lipinski definition) is 41. The van der Waals surface area contributed by atoms with Crippen LogP contribution in [0.2, 0.25) is 0 Å².